The Morgan fingerprint density at radius 1 is 1.50 bits per heavy atom. The van der Waals surface area contributed by atoms with E-state index in [0.29, 0.717) is 11.0 Å². The zero-order valence-corrected chi connectivity index (χ0v) is 10.7. The number of hydrogen-bond donors (Lipinski definition) is 1. The molecule has 1 rings (SSSR count). The number of esters is 1. The van der Waals surface area contributed by atoms with E-state index in [-0.39, 0.29) is 11.7 Å². The third kappa shape index (κ3) is 3.73. The van der Waals surface area contributed by atoms with E-state index in [9.17, 15) is 4.79 Å². The maximum absolute atomic E-state index is 11.4. The van der Waals surface area contributed by atoms with Crippen LogP contribution in [0.15, 0.2) is 5.16 Å². The van der Waals surface area contributed by atoms with Crippen LogP contribution in [0.5, 0.6) is 0 Å². The van der Waals surface area contributed by atoms with Gasteiger partial charge in [-0.15, -0.1) is 10.2 Å². The highest BCUT2D eigenvalue weighted by Crippen LogP contribution is 2.16. The first-order valence-electron chi connectivity index (χ1n) is 4.81. The lowest BCUT2D eigenvalue weighted by Gasteiger charge is -2.19. The van der Waals surface area contributed by atoms with Crippen molar-refractivity contribution in [3.05, 3.63) is 5.82 Å². The molecule has 0 aromatic carbocycles. The molecule has 1 aromatic heterocycles. The minimum atomic E-state index is -0.468. The number of carbonyl (C=O) groups excluding carboxylic acids is 1. The highest BCUT2D eigenvalue weighted by molar-refractivity contribution is 7.99. The smallest absolute Gasteiger partial charge is 0.316 e. The van der Waals surface area contributed by atoms with E-state index < -0.39 is 5.60 Å². The number of aromatic nitrogens is 3. The first-order valence-corrected chi connectivity index (χ1v) is 5.80. The van der Waals surface area contributed by atoms with Crippen molar-refractivity contribution in [2.45, 2.75) is 38.5 Å². The topological polar surface area (TPSA) is 83.0 Å². The van der Waals surface area contributed by atoms with E-state index in [1.165, 1.54) is 16.4 Å². The fraction of sp³-hybridized carbons (Fsp3) is 0.667. The van der Waals surface area contributed by atoms with Gasteiger partial charge in [-0.25, -0.2) is 4.68 Å². The Balaban J connectivity index is 2.47. The minimum Gasteiger partial charge on any atom is -0.459 e. The Labute approximate surface area is 98.5 Å². The van der Waals surface area contributed by atoms with E-state index in [0.717, 1.165) is 0 Å². The molecule has 1 aromatic rings. The Morgan fingerprint density at radius 2 is 2.12 bits per heavy atom. The first-order chi connectivity index (χ1) is 7.29. The molecule has 0 fully saturated rings. The van der Waals surface area contributed by atoms with Crippen LogP contribution in [0, 0.1) is 6.92 Å². The number of hydrogen-bond acceptors (Lipinski definition) is 6. The lowest BCUT2D eigenvalue weighted by atomic mass is 10.2. The van der Waals surface area contributed by atoms with Crippen LogP contribution in [-0.2, 0) is 9.53 Å². The molecule has 1 heterocycles. The van der Waals surface area contributed by atoms with E-state index in [1.54, 1.807) is 6.92 Å². The molecule has 16 heavy (non-hydrogen) atoms. The third-order valence-corrected chi connectivity index (χ3v) is 2.49. The van der Waals surface area contributed by atoms with Gasteiger partial charge in [0.05, 0.1) is 5.75 Å². The summed E-state index contributed by atoms with van der Waals surface area (Å²) >= 11 is 1.21. The molecule has 0 spiro atoms. The van der Waals surface area contributed by atoms with E-state index >= 15 is 0 Å². The number of nitrogens with zero attached hydrogens (tertiary/aromatic N) is 3. The third-order valence-electron chi connectivity index (χ3n) is 1.57. The Hall–Kier alpha value is -1.24. The predicted molar refractivity (Wildman–Crippen MR) is 61.5 cm³/mol. The molecule has 0 saturated carbocycles. The Bertz CT molecular complexity index is 383. The number of rotatable bonds is 3. The quantitative estimate of drug-likeness (QED) is 0.479. The molecule has 0 aliphatic carbocycles. The largest absolute Gasteiger partial charge is 0.459 e. The van der Waals surface area contributed by atoms with Crippen molar-refractivity contribution in [1.29, 1.82) is 0 Å². The van der Waals surface area contributed by atoms with Gasteiger partial charge in [-0.05, 0) is 27.7 Å². The van der Waals surface area contributed by atoms with Crippen molar-refractivity contribution in [3.8, 4) is 0 Å². The second kappa shape index (κ2) is 4.73. The van der Waals surface area contributed by atoms with Gasteiger partial charge in [0.15, 0.2) is 0 Å². The molecule has 7 heteroatoms. The SMILES string of the molecule is Cc1nnc(SCC(=O)OC(C)(C)C)n1N. The average molecular weight is 244 g/mol. The highest BCUT2D eigenvalue weighted by atomic mass is 32.2. The van der Waals surface area contributed by atoms with Crippen LogP contribution in [0.2, 0.25) is 0 Å². The number of thioether (sulfide) groups is 1. The summed E-state index contributed by atoms with van der Waals surface area (Å²) in [7, 11) is 0. The minimum absolute atomic E-state index is 0.173. The van der Waals surface area contributed by atoms with Crippen molar-refractivity contribution in [2.24, 2.45) is 0 Å². The van der Waals surface area contributed by atoms with Gasteiger partial charge in [-0.3, -0.25) is 4.79 Å². The molecule has 0 radical (unpaired) electrons. The van der Waals surface area contributed by atoms with Crippen LogP contribution in [0.4, 0.5) is 0 Å². The van der Waals surface area contributed by atoms with Crippen molar-refractivity contribution in [3.63, 3.8) is 0 Å². The van der Waals surface area contributed by atoms with E-state index in [4.69, 9.17) is 10.6 Å². The second-order valence-corrected chi connectivity index (χ2v) is 5.22. The fourth-order valence-corrected chi connectivity index (χ4v) is 1.62. The molecule has 0 atom stereocenters. The Kier molecular flexibility index (Phi) is 3.79. The molecule has 0 unspecified atom stereocenters. The summed E-state index contributed by atoms with van der Waals surface area (Å²) in [6.07, 6.45) is 0. The summed E-state index contributed by atoms with van der Waals surface area (Å²) in [6, 6.07) is 0. The average Bonchev–Trinajstić information content (AvgIpc) is 2.42. The number of nitrogen functional groups attached to an aromatic ring is 1. The van der Waals surface area contributed by atoms with Crippen molar-refractivity contribution in [1.82, 2.24) is 14.9 Å². The molecule has 0 amide bonds. The monoisotopic (exact) mass is 244 g/mol. The fourth-order valence-electron chi connectivity index (χ4n) is 0.943. The Morgan fingerprint density at radius 3 is 2.56 bits per heavy atom. The predicted octanol–water partition coefficient (Wildman–Crippen LogP) is 0.734. The molecule has 90 valence electrons. The maximum atomic E-state index is 11.4. The molecular formula is C9H16N4O2S. The van der Waals surface area contributed by atoms with Crippen LogP contribution < -0.4 is 5.84 Å². The summed E-state index contributed by atoms with van der Waals surface area (Å²) in [5.74, 6) is 6.12. The summed E-state index contributed by atoms with van der Waals surface area (Å²) in [6.45, 7) is 7.21. The maximum Gasteiger partial charge on any atom is 0.316 e. The lowest BCUT2D eigenvalue weighted by molar-refractivity contribution is -0.151. The number of aryl methyl sites for hydroxylation is 1. The lowest BCUT2D eigenvalue weighted by Crippen LogP contribution is -2.25. The zero-order chi connectivity index (χ0) is 12.3. The summed E-state index contributed by atoms with van der Waals surface area (Å²) in [4.78, 5) is 11.4. The van der Waals surface area contributed by atoms with Gasteiger partial charge in [0.1, 0.15) is 11.4 Å². The second-order valence-electron chi connectivity index (χ2n) is 4.27. The first kappa shape index (κ1) is 12.8. The van der Waals surface area contributed by atoms with Gasteiger partial charge >= 0.3 is 5.97 Å². The van der Waals surface area contributed by atoms with Crippen LogP contribution >= 0.6 is 11.8 Å². The van der Waals surface area contributed by atoms with Crippen molar-refractivity contribution in [2.75, 3.05) is 11.6 Å². The van der Waals surface area contributed by atoms with Crippen LogP contribution in [0.3, 0.4) is 0 Å². The number of carbonyl (C=O) groups is 1. The normalized spacial score (nSPS) is 11.5. The highest BCUT2D eigenvalue weighted by Gasteiger charge is 2.17. The standard InChI is InChI=1S/C9H16N4O2S/c1-6-11-12-8(13(6)10)16-5-7(14)15-9(2,3)4/h5,10H2,1-4H3. The van der Waals surface area contributed by atoms with Gasteiger partial charge in [-0.1, -0.05) is 11.8 Å². The van der Waals surface area contributed by atoms with Gasteiger partial charge in [0, 0.05) is 0 Å². The van der Waals surface area contributed by atoms with Gasteiger partial charge < -0.3 is 10.6 Å². The van der Waals surface area contributed by atoms with Crippen molar-refractivity contribution < 1.29 is 9.53 Å². The number of nitrogens with two attached hydrogens (primary N) is 1. The van der Waals surface area contributed by atoms with Gasteiger partial charge in [-0.2, -0.15) is 0 Å². The summed E-state index contributed by atoms with van der Waals surface area (Å²) in [5.41, 5.74) is -0.468. The summed E-state index contributed by atoms with van der Waals surface area (Å²) < 4.78 is 6.49. The molecule has 6 nitrogen and oxygen atoms in total. The molecule has 0 aliphatic rings. The van der Waals surface area contributed by atoms with Crippen LogP contribution in [0.1, 0.15) is 26.6 Å². The van der Waals surface area contributed by atoms with Gasteiger partial charge in [0.2, 0.25) is 5.16 Å². The van der Waals surface area contributed by atoms with Crippen LogP contribution in [0.25, 0.3) is 0 Å². The molecule has 0 bridgehead atoms. The molecular weight excluding hydrogens is 228 g/mol. The van der Waals surface area contributed by atoms with E-state index in [1.807, 2.05) is 20.8 Å². The number of ether oxygens (including phenoxy) is 1. The zero-order valence-electron chi connectivity index (χ0n) is 9.85. The van der Waals surface area contributed by atoms with Crippen molar-refractivity contribution >= 4 is 17.7 Å². The van der Waals surface area contributed by atoms with Crippen LogP contribution in [-0.4, -0.2) is 32.2 Å². The molecule has 0 aliphatic heterocycles. The summed E-state index contributed by atoms with van der Waals surface area (Å²) in [5, 5.41) is 8.11. The molecule has 2 N–H and O–H groups in total. The van der Waals surface area contributed by atoms with E-state index in [2.05, 4.69) is 10.2 Å². The van der Waals surface area contributed by atoms with Gasteiger partial charge in [0.25, 0.3) is 0 Å². The molecule has 0 saturated heterocycles.